The van der Waals surface area contributed by atoms with Crippen molar-refractivity contribution >= 4 is 34.7 Å². The Balaban J connectivity index is 1.47. The average molecular weight is 666 g/mol. The Hall–Kier alpha value is -5.56. The van der Waals surface area contributed by atoms with Gasteiger partial charge < -0.3 is 19.7 Å². The second kappa shape index (κ2) is 13.7. The van der Waals surface area contributed by atoms with E-state index in [4.69, 9.17) is 9.47 Å². The molecule has 7 nitrogen and oxygen atoms in total. The van der Waals surface area contributed by atoms with Crippen LogP contribution in [0.4, 0.5) is 27.5 Å². The van der Waals surface area contributed by atoms with E-state index < -0.39 is 11.6 Å². The number of benzene rings is 5. The topological polar surface area (TPSA) is 71.1 Å². The summed E-state index contributed by atoms with van der Waals surface area (Å²) in [5.41, 5.74) is 6.17. The summed E-state index contributed by atoms with van der Waals surface area (Å²) < 4.78 is 13.1. The molecule has 254 valence electrons. The maximum Gasteiger partial charge on any atom is 0.340 e. The molecular weight excluding hydrogens is 622 g/mol. The van der Waals surface area contributed by atoms with Gasteiger partial charge in [0.2, 0.25) is 0 Å². The number of hydrogen-bond acceptors (Lipinski definition) is 5. The molecule has 0 fully saturated rings. The normalized spacial score (nSPS) is 15.4. The molecule has 1 unspecified atom stereocenters. The summed E-state index contributed by atoms with van der Waals surface area (Å²) in [7, 11) is 0. The first-order valence-electron chi connectivity index (χ1n) is 17.6. The van der Waals surface area contributed by atoms with Crippen LogP contribution in [0, 0.1) is 13.8 Å². The van der Waals surface area contributed by atoms with Crippen LogP contribution in [-0.2, 0) is 10.3 Å². The molecule has 5 aromatic rings. The highest BCUT2D eigenvalue weighted by molar-refractivity contribution is 6.09. The summed E-state index contributed by atoms with van der Waals surface area (Å²) in [5, 5.41) is 3.17. The zero-order chi connectivity index (χ0) is 34.8. The standard InChI is InChI=1S/C43H43N3O4/c1-5-7-26-45(27-8-6-2)32-25-22-30(4)37(28-32)46(42(48)44-31-23-20-29(3)21-24-31)36-17-13-19-39-40(36)43(35-16-11-12-18-38(35)49-39)34-15-10-9-14-33(34)41(47)50-43/h9-25,28H,5-8,26-27H2,1-4H3,(H,44,48). The minimum Gasteiger partial charge on any atom is -0.456 e. The van der Waals surface area contributed by atoms with Crippen molar-refractivity contribution in [1.82, 2.24) is 0 Å². The Bertz CT molecular complexity index is 2050. The quantitative estimate of drug-likeness (QED) is 0.150. The van der Waals surface area contributed by atoms with Gasteiger partial charge in [-0.25, -0.2) is 9.59 Å². The van der Waals surface area contributed by atoms with E-state index in [-0.39, 0.29) is 6.03 Å². The first-order chi connectivity index (χ1) is 24.3. The smallest absolute Gasteiger partial charge is 0.340 e. The molecule has 0 aromatic heterocycles. The van der Waals surface area contributed by atoms with Crippen LogP contribution in [0.2, 0.25) is 0 Å². The number of ether oxygens (including phenoxy) is 2. The van der Waals surface area contributed by atoms with Gasteiger partial charge in [-0.3, -0.25) is 4.90 Å². The molecule has 0 aliphatic carbocycles. The molecule has 7 rings (SSSR count). The van der Waals surface area contributed by atoms with E-state index in [1.165, 1.54) is 0 Å². The highest BCUT2D eigenvalue weighted by Gasteiger charge is 2.55. The number of carbonyl (C=O) groups is 2. The number of rotatable bonds is 10. The van der Waals surface area contributed by atoms with E-state index in [1.54, 1.807) is 11.0 Å². The lowest BCUT2D eigenvalue weighted by Gasteiger charge is -2.39. The fourth-order valence-corrected chi connectivity index (χ4v) is 7.12. The third-order valence-electron chi connectivity index (χ3n) is 9.72. The predicted octanol–water partition coefficient (Wildman–Crippen LogP) is 10.6. The molecule has 2 amide bonds. The van der Waals surface area contributed by atoms with Crippen LogP contribution < -0.4 is 19.9 Å². The molecule has 2 aliphatic heterocycles. The first-order valence-corrected chi connectivity index (χ1v) is 17.6. The molecule has 5 aromatic carbocycles. The number of nitrogens with zero attached hydrogens (tertiary/aromatic N) is 2. The van der Waals surface area contributed by atoms with Crippen molar-refractivity contribution in [2.75, 3.05) is 28.2 Å². The summed E-state index contributed by atoms with van der Waals surface area (Å²) in [6, 6.07) is 34.6. The Morgan fingerprint density at radius 1 is 0.740 bits per heavy atom. The van der Waals surface area contributed by atoms with E-state index in [1.807, 2.05) is 98.8 Å². The van der Waals surface area contributed by atoms with Crippen LogP contribution >= 0.6 is 0 Å². The SMILES string of the molecule is CCCCN(CCCC)c1ccc(C)c(N(C(=O)Nc2ccc(C)cc2)c2cccc3c2C2(OC(=O)c4ccccc42)c2ccccc2O3)c1. The molecule has 0 bridgehead atoms. The zero-order valence-electron chi connectivity index (χ0n) is 29.2. The molecule has 2 heterocycles. The van der Waals surface area contributed by atoms with Crippen LogP contribution in [0.5, 0.6) is 11.5 Å². The van der Waals surface area contributed by atoms with Gasteiger partial charge >= 0.3 is 12.0 Å². The van der Waals surface area contributed by atoms with E-state index in [0.29, 0.717) is 45.1 Å². The van der Waals surface area contributed by atoms with Gasteiger partial charge in [-0.2, -0.15) is 0 Å². The van der Waals surface area contributed by atoms with Crippen LogP contribution in [0.1, 0.15) is 77.7 Å². The Kier molecular flexibility index (Phi) is 9.06. The molecule has 1 atom stereocenters. The lowest BCUT2D eigenvalue weighted by molar-refractivity contribution is 0.0226. The molecule has 0 saturated heterocycles. The maximum atomic E-state index is 14.9. The largest absolute Gasteiger partial charge is 0.456 e. The predicted molar refractivity (Wildman–Crippen MR) is 200 cm³/mol. The van der Waals surface area contributed by atoms with Gasteiger partial charge in [0.1, 0.15) is 11.5 Å². The minimum atomic E-state index is -1.35. The van der Waals surface area contributed by atoms with Crippen molar-refractivity contribution in [2.45, 2.75) is 59.0 Å². The number of urea groups is 1. The molecule has 7 heteroatoms. The van der Waals surface area contributed by atoms with E-state index in [9.17, 15) is 9.59 Å². The van der Waals surface area contributed by atoms with Crippen molar-refractivity contribution < 1.29 is 19.1 Å². The summed E-state index contributed by atoms with van der Waals surface area (Å²) >= 11 is 0. The van der Waals surface area contributed by atoms with Crippen LogP contribution in [0.15, 0.2) is 109 Å². The Labute approximate surface area is 294 Å². The van der Waals surface area contributed by atoms with E-state index >= 15 is 0 Å². The number of carbonyl (C=O) groups excluding carboxylic acids is 2. The molecule has 1 N–H and O–H groups in total. The molecule has 0 radical (unpaired) electrons. The van der Waals surface area contributed by atoms with Crippen molar-refractivity contribution in [3.8, 4) is 11.5 Å². The number of nitrogens with one attached hydrogen (secondary N) is 1. The van der Waals surface area contributed by atoms with E-state index in [2.05, 4.69) is 42.3 Å². The molecule has 2 aliphatic rings. The van der Waals surface area contributed by atoms with Gasteiger partial charge in [0.15, 0.2) is 5.60 Å². The number of esters is 1. The van der Waals surface area contributed by atoms with Crippen molar-refractivity contribution in [2.24, 2.45) is 0 Å². The highest BCUT2D eigenvalue weighted by Crippen LogP contribution is 2.59. The summed E-state index contributed by atoms with van der Waals surface area (Å²) in [5.74, 6) is 0.688. The second-order valence-corrected chi connectivity index (χ2v) is 13.2. The third-order valence-corrected chi connectivity index (χ3v) is 9.72. The lowest BCUT2D eigenvalue weighted by atomic mass is 9.76. The number of hydrogen-bond donors (Lipinski definition) is 1. The third kappa shape index (κ3) is 5.76. The van der Waals surface area contributed by atoms with Gasteiger partial charge in [-0.15, -0.1) is 0 Å². The number of aryl methyl sites for hydroxylation is 2. The van der Waals surface area contributed by atoms with Crippen LogP contribution in [0.25, 0.3) is 0 Å². The molecule has 1 spiro atoms. The van der Waals surface area contributed by atoms with Crippen LogP contribution in [0.3, 0.4) is 0 Å². The van der Waals surface area contributed by atoms with Gasteiger partial charge in [0.25, 0.3) is 0 Å². The fourth-order valence-electron chi connectivity index (χ4n) is 7.12. The molecule has 0 saturated carbocycles. The number of unbranched alkanes of at least 4 members (excludes halogenated alkanes) is 2. The fraction of sp³-hybridized carbons (Fsp3) is 0.256. The van der Waals surface area contributed by atoms with Gasteiger partial charge in [-0.05, 0) is 80.8 Å². The molecule has 50 heavy (non-hydrogen) atoms. The van der Waals surface area contributed by atoms with Crippen molar-refractivity contribution in [3.63, 3.8) is 0 Å². The van der Waals surface area contributed by atoms with Crippen molar-refractivity contribution in [3.05, 3.63) is 143 Å². The van der Waals surface area contributed by atoms with Crippen LogP contribution in [-0.4, -0.2) is 25.1 Å². The Morgan fingerprint density at radius 2 is 1.42 bits per heavy atom. The van der Waals surface area contributed by atoms with Gasteiger partial charge in [-0.1, -0.05) is 92.9 Å². The number of para-hydroxylation sites is 1. The zero-order valence-corrected chi connectivity index (χ0v) is 29.2. The summed E-state index contributed by atoms with van der Waals surface area (Å²) in [6.45, 7) is 10.3. The van der Waals surface area contributed by atoms with Gasteiger partial charge in [0, 0.05) is 35.6 Å². The second-order valence-electron chi connectivity index (χ2n) is 13.2. The molecular formula is C43H43N3O4. The van der Waals surface area contributed by atoms with E-state index in [0.717, 1.165) is 61.3 Å². The maximum absolute atomic E-state index is 14.9. The number of anilines is 4. The first kappa shape index (κ1) is 33.0. The summed E-state index contributed by atoms with van der Waals surface area (Å²) in [4.78, 5) is 32.7. The average Bonchev–Trinajstić information content (AvgIpc) is 3.42. The number of fused-ring (bicyclic) bond motifs is 6. The number of amides is 2. The summed E-state index contributed by atoms with van der Waals surface area (Å²) in [6.07, 6.45) is 4.32. The Morgan fingerprint density at radius 3 is 2.16 bits per heavy atom. The lowest BCUT2D eigenvalue weighted by Crippen LogP contribution is -2.38. The highest BCUT2D eigenvalue weighted by atomic mass is 16.6. The minimum absolute atomic E-state index is 0.345. The van der Waals surface area contributed by atoms with Gasteiger partial charge in [0.05, 0.1) is 22.5 Å². The van der Waals surface area contributed by atoms with Crippen molar-refractivity contribution in [1.29, 1.82) is 0 Å². The monoisotopic (exact) mass is 665 g/mol.